The molecule has 1 aromatic heterocycles. The zero-order valence-electron chi connectivity index (χ0n) is 11.1. The molecule has 104 valence electrons. The number of nitrogens with zero attached hydrogens (tertiary/aromatic N) is 3. The van der Waals surface area contributed by atoms with Crippen LogP contribution in [0.25, 0.3) is 5.69 Å². The Bertz CT molecular complexity index is 779. The van der Waals surface area contributed by atoms with Gasteiger partial charge in [0.25, 0.3) is 0 Å². The van der Waals surface area contributed by atoms with E-state index in [2.05, 4.69) is 10.3 Å². The molecular weight excluding hydrogens is 266 g/mol. The van der Waals surface area contributed by atoms with Gasteiger partial charge >= 0.3 is 0 Å². The minimum Gasteiger partial charge on any atom is -0.507 e. The van der Waals surface area contributed by atoms with Crippen molar-refractivity contribution in [1.82, 2.24) is 9.78 Å². The number of benzene rings is 2. The molecule has 2 N–H and O–H groups in total. The van der Waals surface area contributed by atoms with Gasteiger partial charge in [-0.15, -0.1) is 0 Å². The quantitative estimate of drug-likeness (QED) is 0.440. The molecule has 0 saturated carbocycles. The second-order valence-electron chi connectivity index (χ2n) is 4.47. The maximum atomic E-state index is 9.88. The molecule has 5 heteroatoms. The monoisotopic (exact) mass is 279 g/mol. The average molecular weight is 279 g/mol. The molecule has 0 unspecified atom stereocenters. The molecule has 0 atom stereocenters. The predicted molar refractivity (Wildman–Crippen MR) is 79.1 cm³/mol. The van der Waals surface area contributed by atoms with Gasteiger partial charge in [-0.2, -0.15) is 5.10 Å². The van der Waals surface area contributed by atoms with E-state index in [-0.39, 0.29) is 11.5 Å². The van der Waals surface area contributed by atoms with E-state index in [0.717, 1.165) is 5.69 Å². The zero-order valence-corrected chi connectivity index (χ0v) is 11.1. The molecule has 1 heterocycles. The van der Waals surface area contributed by atoms with E-state index in [1.807, 2.05) is 30.3 Å². The predicted octanol–water partition coefficient (Wildman–Crippen LogP) is 2.80. The molecule has 0 aliphatic carbocycles. The number of oxime groups is 1. The lowest BCUT2D eigenvalue weighted by molar-refractivity contribution is 0.319. The lowest BCUT2D eigenvalue weighted by Crippen LogP contribution is -2.02. The Balaban J connectivity index is 2.01. The van der Waals surface area contributed by atoms with Gasteiger partial charge in [-0.3, -0.25) is 0 Å². The smallest absolute Gasteiger partial charge is 0.125 e. The Hall–Kier alpha value is -3.08. The van der Waals surface area contributed by atoms with Crippen molar-refractivity contribution < 1.29 is 10.3 Å². The van der Waals surface area contributed by atoms with Crippen molar-refractivity contribution in [3.8, 4) is 11.4 Å². The average Bonchev–Trinajstić information content (AvgIpc) is 3.00. The van der Waals surface area contributed by atoms with Crippen LogP contribution in [0, 0.1) is 0 Å². The van der Waals surface area contributed by atoms with Crippen molar-refractivity contribution in [1.29, 1.82) is 0 Å². The lowest BCUT2D eigenvalue weighted by atomic mass is 10.0. The number of para-hydroxylation sites is 2. The summed E-state index contributed by atoms with van der Waals surface area (Å²) in [5, 5.41) is 26.7. The number of phenols is 1. The fourth-order valence-corrected chi connectivity index (χ4v) is 2.11. The van der Waals surface area contributed by atoms with E-state index in [4.69, 9.17) is 0 Å². The lowest BCUT2D eigenvalue weighted by Gasteiger charge is -2.04. The molecular formula is C16H13N3O2. The first kappa shape index (κ1) is 12.9. The summed E-state index contributed by atoms with van der Waals surface area (Å²) in [6, 6.07) is 16.3. The highest BCUT2D eigenvalue weighted by Gasteiger charge is 2.14. The zero-order chi connectivity index (χ0) is 14.7. The first-order valence-corrected chi connectivity index (χ1v) is 6.40. The number of phenolic OH excluding ortho intramolecular Hbond substituents is 1. The van der Waals surface area contributed by atoms with Crippen LogP contribution in [0.4, 0.5) is 0 Å². The van der Waals surface area contributed by atoms with Crippen LogP contribution >= 0.6 is 0 Å². The van der Waals surface area contributed by atoms with E-state index in [1.165, 1.54) is 0 Å². The molecule has 0 bridgehead atoms. The highest BCUT2D eigenvalue weighted by atomic mass is 16.4. The van der Waals surface area contributed by atoms with Crippen LogP contribution in [-0.4, -0.2) is 25.8 Å². The molecule has 3 aromatic rings. The van der Waals surface area contributed by atoms with Gasteiger partial charge in [0.15, 0.2) is 0 Å². The highest BCUT2D eigenvalue weighted by Crippen LogP contribution is 2.21. The minimum absolute atomic E-state index is 0.0535. The second kappa shape index (κ2) is 5.50. The summed E-state index contributed by atoms with van der Waals surface area (Å²) in [7, 11) is 0. The summed E-state index contributed by atoms with van der Waals surface area (Å²) in [6.07, 6.45) is 3.34. The van der Waals surface area contributed by atoms with E-state index >= 15 is 0 Å². The second-order valence-corrected chi connectivity index (χ2v) is 4.47. The van der Waals surface area contributed by atoms with Gasteiger partial charge < -0.3 is 10.3 Å². The molecule has 0 amide bonds. The van der Waals surface area contributed by atoms with Gasteiger partial charge in [0, 0.05) is 17.3 Å². The number of rotatable bonds is 3. The topological polar surface area (TPSA) is 70.6 Å². The number of hydrogen-bond donors (Lipinski definition) is 2. The molecule has 0 aliphatic heterocycles. The van der Waals surface area contributed by atoms with Gasteiger partial charge in [-0.25, -0.2) is 4.68 Å². The summed E-state index contributed by atoms with van der Waals surface area (Å²) in [5.74, 6) is 0.0535. The molecule has 5 nitrogen and oxygen atoms in total. The van der Waals surface area contributed by atoms with Crippen molar-refractivity contribution in [2.24, 2.45) is 5.16 Å². The number of aromatic nitrogens is 2. The fourth-order valence-electron chi connectivity index (χ4n) is 2.11. The Labute approximate surface area is 121 Å². The van der Waals surface area contributed by atoms with Crippen molar-refractivity contribution >= 4 is 5.71 Å². The fraction of sp³-hybridized carbons (Fsp3) is 0. The van der Waals surface area contributed by atoms with Crippen molar-refractivity contribution in [2.75, 3.05) is 0 Å². The SMILES string of the molecule is O/N=C(\c1cnn(-c2ccccc2)c1)c1ccccc1O. The summed E-state index contributed by atoms with van der Waals surface area (Å²) in [5.41, 5.74) is 2.24. The molecule has 0 saturated heterocycles. The number of hydrogen-bond acceptors (Lipinski definition) is 4. The van der Waals surface area contributed by atoms with Crippen molar-refractivity contribution in [3.05, 3.63) is 78.1 Å². The van der Waals surface area contributed by atoms with Gasteiger partial charge in [0.2, 0.25) is 0 Å². The van der Waals surface area contributed by atoms with E-state index in [1.54, 1.807) is 41.3 Å². The largest absolute Gasteiger partial charge is 0.507 e. The summed E-state index contributed by atoms with van der Waals surface area (Å²) in [4.78, 5) is 0. The first-order chi connectivity index (χ1) is 10.3. The molecule has 3 rings (SSSR count). The number of aromatic hydroxyl groups is 1. The van der Waals surface area contributed by atoms with E-state index < -0.39 is 0 Å². The van der Waals surface area contributed by atoms with Gasteiger partial charge in [-0.1, -0.05) is 35.5 Å². The molecule has 0 aliphatic rings. The molecule has 0 radical (unpaired) electrons. The Morgan fingerprint density at radius 2 is 1.71 bits per heavy atom. The maximum Gasteiger partial charge on any atom is 0.125 e. The normalized spacial score (nSPS) is 11.5. The standard InChI is InChI=1S/C16H13N3O2/c20-15-9-5-4-8-14(15)16(18-21)12-10-17-19(11-12)13-6-2-1-3-7-13/h1-11,20-21H/b18-16+. The van der Waals surface area contributed by atoms with Gasteiger partial charge in [-0.05, 0) is 24.3 Å². The highest BCUT2D eigenvalue weighted by molar-refractivity contribution is 6.13. The summed E-state index contributed by atoms with van der Waals surface area (Å²) < 4.78 is 1.68. The van der Waals surface area contributed by atoms with Crippen LogP contribution in [0.15, 0.2) is 72.1 Å². The third-order valence-electron chi connectivity index (χ3n) is 3.14. The van der Waals surface area contributed by atoms with Crippen LogP contribution in [0.2, 0.25) is 0 Å². The van der Waals surface area contributed by atoms with E-state index in [9.17, 15) is 10.3 Å². The van der Waals surface area contributed by atoms with Crippen LogP contribution in [0.3, 0.4) is 0 Å². The molecule has 0 fully saturated rings. The van der Waals surface area contributed by atoms with Crippen LogP contribution in [0.5, 0.6) is 5.75 Å². The van der Waals surface area contributed by atoms with Crippen molar-refractivity contribution in [3.63, 3.8) is 0 Å². The van der Waals surface area contributed by atoms with Gasteiger partial charge in [0.05, 0.1) is 11.9 Å². The maximum absolute atomic E-state index is 9.88. The molecule has 21 heavy (non-hydrogen) atoms. The third-order valence-corrected chi connectivity index (χ3v) is 3.14. The van der Waals surface area contributed by atoms with Crippen LogP contribution in [-0.2, 0) is 0 Å². The summed E-state index contributed by atoms with van der Waals surface area (Å²) >= 11 is 0. The Kier molecular flexibility index (Phi) is 3.39. The molecule has 2 aromatic carbocycles. The molecule has 0 spiro atoms. The van der Waals surface area contributed by atoms with Crippen LogP contribution in [0.1, 0.15) is 11.1 Å². The van der Waals surface area contributed by atoms with Crippen molar-refractivity contribution in [2.45, 2.75) is 0 Å². The minimum atomic E-state index is 0.0535. The first-order valence-electron chi connectivity index (χ1n) is 6.40. The Morgan fingerprint density at radius 3 is 2.43 bits per heavy atom. The van der Waals surface area contributed by atoms with Crippen LogP contribution < -0.4 is 0 Å². The summed E-state index contributed by atoms with van der Waals surface area (Å²) in [6.45, 7) is 0. The van der Waals surface area contributed by atoms with Gasteiger partial charge in [0.1, 0.15) is 11.5 Å². The Morgan fingerprint density at radius 1 is 1.00 bits per heavy atom. The third kappa shape index (κ3) is 2.49. The van der Waals surface area contributed by atoms with E-state index in [0.29, 0.717) is 11.1 Å².